The number of thioether (sulfide) groups is 1. The van der Waals surface area contributed by atoms with Gasteiger partial charge in [-0.3, -0.25) is 19.7 Å². The van der Waals surface area contributed by atoms with Crippen molar-refractivity contribution in [2.45, 2.75) is 17.1 Å². The van der Waals surface area contributed by atoms with Crippen LogP contribution >= 0.6 is 11.8 Å². The van der Waals surface area contributed by atoms with Crippen LogP contribution in [0.4, 0.5) is 5.69 Å². The highest BCUT2D eigenvalue weighted by molar-refractivity contribution is 8.00. The van der Waals surface area contributed by atoms with E-state index in [0.29, 0.717) is 5.56 Å². The van der Waals surface area contributed by atoms with Gasteiger partial charge in [0.15, 0.2) is 5.78 Å². The van der Waals surface area contributed by atoms with Crippen LogP contribution in [0.1, 0.15) is 22.8 Å². The molecule has 0 aliphatic rings. The molecule has 0 heterocycles. The summed E-state index contributed by atoms with van der Waals surface area (Å²) in [4.78, 5) is 34.1. The number of nitrogens with zero attached hydrogens (tertiary/aromatic N) is 1. The normalized spacial score (nSPS) is 11.7. The van der Waals surface area contributed by atoms with Gasteiger partial charge in [-0.15, -0.1) is 11.8 Å². The number of rotatable bonds is 6. The van der Waals surface area contributed by atoms with E-state index in [2.05, 4.69) is 0 Å². The highest BCUT2D eigenvalue weighted by Crippen LogP contribution is 2.33. The van der Waals surface area contributed by atoms with E-state index < -0.39 is 16.1 Å². The van der Waals surface area contributed by atoms with Crippen LogP contribution in [-0.2, 0) is 4.79 Å². The maximum atomic E-state index is 12.3. The monoisotopic (exact) mass is 331 g/mol. The van der Waals surface area contributed by atoms with Gasteiger partial charge in [0.1, 0.15) is 5.25 Å². The van der Waals surface area contributed by atoms with Crippen LogP contribution in [0.5, 0.6) is 0 Å². The van der Waals surface area contributed by atoms with E-state index in [1.165, 1.54) is 25.1 Å². The van der Waals surface area contributed by atoms with Crippen LogP contribution in [0.15, 0.2) is 53.4 Å². The molecule has 0 aliphatic heterocycles. The van der Waals surface area contributed by atoms with Gasteiger partial charge in [-0.25, -0.2) is 0 Å². The van der Waals surface area contributed by atoms with E-state index in [-0.39, 0.29) is 21.9 Å². The Kier molecular flexibility index (Phi) is 5.13. The average Bonchev–Trinajstić information content (AvgIpc) is 2.55. The van der Waals surface area contributed by atoms with E-state index >= 15 is 0 Å². The number of carboxylic acid groups (broad SMARTS) is 1. The summed E-state index contributed by atoms with van der Waals surface area (Å²) < 4.78 is 0. The average molecular weight is 331 g/mol. The molecule has 0 spiro atoms. The van der Waals surface area contributed by atoms with Crippen LogP contribution in [0.25, 0.3) is 0 Å². The zero-order valence-corrected chi connectivity index (χ0v) is 12.9. The van der Waals surface area contributed by atoms with Crippen LogP contribution < -0.4 is 0 Å². The van der Waals surface area contributed by atoms with E-state index in [4.69, 9.17) is 5.11 Å². The molecule has 2 aromatic carbocycles. The van der Waals surface area contributed by atoms with E-state index in [9.17, 15) is 19.7 Å². The van der Waals surface area contributed by atoms with Gasteiger partial charge < -0.3 is 5.11 Å². The van der Waals surface area contributed by atoms with E-state index in [0.717, 1.165) is 11.8 Å². The number of nitro groups is 1. The number of carbonyl (C=O) groups excluding carboxylic acids is 1. The second kappa shape index (κ2) is 7.06. The van der Waals surface area contributed by atoms with Crippen molar-refractivity contribution >= 4 is 29.2 Å². The Morgan fingerprint density at radius 1 is 1.13 bits per heavy atom. The van der Waals surface area contributed by atoms with Gasteiger partial charge in [-0.1, -0.05) is 30.3 Å². The lowest BCUT2D eigenvalue weighted by Crippen LogP contribution is -2.11. The molecule has 0 saturated carbocycles. The van der Waals surface area contributed by atoms with Gasteiger partial charge in [0.2, 0.25) is 0 Å². The first-order chi connectivity index (χ1) is 10.9. The van der Waals surface area contributed by atoms with Crippen molar-refractivity contribution in [3.8, 4) is 0 Å². The van der Waals surface area contributed by atoms with Crippen LogP contribution in [0.2, 0.25) is 0 Å². The molecule has 2 rings (SSSR count). The fourth-order valence-electron chi connectivity index (χ4n) is 1.90. The molecular formula is C16H13NO5S. The van der Waals surface area contributed by atoms with E-state index in [1.807, 2.05) is 0 Å². The highest BCUT2D eigenvalue weighted by Gasteiger charge is 2.22. The topological polar surface area (TPSA) is 97.5 Å². The zero-order chi connectivity index (χ0) is 17.0. The number of aliphatic carboxylic acids is 1. The summed E-state index contributed by atoms with van der Waals surface area (Å²) in [5.74, 6) is -1.38. The number of carbonyl (C=O) groups is 2. The third kappa shape index (κ3) is 3.95. The molecule has 1 unspecified atom stereocenters. The maximum absolute atomic E-state index is 12.3. The second-order valence-electron chi connectivity index (χ2n) is 4.73. The first kappa shape index (κ1) is 16.7. The molecule has 1 atom stereocenters. The number of nitro benzene ring substituents is 1. The van der Waals surface area contributed by atoms with Gasteiger partial charge in [-0.05, 0) is 19.1 Å². The summed E-state index contributed by atoms with van der Waals surface area (Å²) in [5.41, 5.74) is 0.348. The molecule has 6 nitrogen and oxygen atoms in total. The van der Waals surface area contributed by atoms with Crippen molar-refractivity contribution in [2.75, 3.05) is 0 Å². The quantitative estimate of drug-likeness (QED) is 0.377. The van der Waals surface area contributed by atoms with Crippen LogP contribution in [0.3, 0.4) is 0 Å². The van der Waals surface area contributed by atoms with Gasteiger partial charge in [-0.2, -0.15) is 0 Å². The lowest BCUT2D eigenvalue weighted by molar-refractivity contribution is -0.387. The van der Waals surface area contributed by atoms with Crippen molar-refractivity contribution < 1.29 is 19.6 Å². The van der Waals surface area contributed by atoms with Crippen molar-refractivity contribution in [2.24, 2.45) is 0 Å². The SMILES string of the molecule is CC(Sc1ccc(C(=O)c2ccccc2)cc1[N+](=O)[O-])C(=O)O. The Balaban J connectivity index is 2.38. The molecule has 0 radical (unpaired) electrons. The minimum atomic E-state index is -1.06. The third-order valence-electron chi connectivity index (χ3n) is 3.11. The van der Waals surface area contributed by atoms with Gasteiger partial charge >= 0.3 is 5.97 Å². The Morgan fingerprint density at radius 3 is 2.35 bits per heavy atom. The molecule has 118 valence electrons. The largest absolute Gasteiger partial charge is 0.480 e. The number of benzene rings is 2. The Hall–Kier alpha value is -2.67. The minimum absolute atomic E-state index is 0.190. The minimum Gasteiger partial charge on any atom is -0.480 e. The van der Waals surface area contributed by atoms with Crippen LogP contribution in [-0.4, -0.2) is 27.0 Å². The highest BCUT2D eigenvalue weighted by atomic mass is 32.2. The lowest BCUT2D eigenvalue weighted by atomic mass is 10.0. The molecule has 0 saturated heterocycles. The molecule has 23 heavy (non-hydrogen) atoms. The van der Waals surface area contributed by atoms with Gasteiger partial charge in [0.25, 0.3) is 5.69 Å². The maximum Gasteiger partial charge on any atom is 0.316 e. The molecule has 0 aliphatic carbocycles. The number of hydrogen-bond acceptors (Lipinski definition) is 5. The van der Waals surface area contributed by atoms with Crippen LogP contribution in [0, 0.1) is 10.1 Å². The standard InChI is InChI=1S/C16H13NO5S/c1-10(16(19)20)23-14-8-7-12(9-13(14)17(21)22)15(18)11-5-3-2-4-6-11/h2-10H,1H3,(H,19,20). The van der Waals surface area contributed by atoms with Gasteiger partial charge in [0.05, 0.1) is 9.82 Å². The van der Waals surface area contributed by atoms with Gasteiger partial charge in [0, 0.05) is 17.2 Å². The smallest absolute Gasteiger partial charge is 0.316 e. The summed E-state index contributed by atoms with van der Waals surface area (Å²) in [7, 11) is 0. The summed E-state index contributed by atoms with van der Waals surface area (Å²) in [6.45, 7) is 1.44. The predicted octanol–water partition coefficient (Wildman–Crippen LogP) is 3.39. The first-order valence-electron chi connectivity index (χ1n) is 6.68. The molecule has 7 heteroatoms. The number of ketones is 1. The number of hydrogen-bond donors (Lipinski definition) is 1. The summed E-state index contributed by atoms with van der Waals surface area (Å²) in [6.07, 6.45) is 0. The van der Waals surface area contributed by atoms with Crippen molar-refractivity contribution in [1.82, 2.24) is 0 Å². The zero-order valence-electron chi connectivity index (χ0n) is 12.1. The third-order valence-corrected chi connectivity index (χ3v) is 4.26. The summed E-state index contributed by atoms with van der Waals surface area (Å²) >= 11 is 0.870. The molecule has 0 fully saturated rings. The predicted molar refractivity (Wildman–Crippen MR) is 85.9 cm³/mol. The first-order valence-corrected chi connectivity index (χ1v) is 7.55. The second-order valence-corrected chi connectivity index (χ2v) is 6.12. The molecular weight excluding hydrogens is 318 g/mol. The number of carboxylic acids is 1. The van der Waals surface area contributed by atoms with E-state index in [1.54, 1.807) is 30.3 Å². The Morgan fingerprint density at radius 2 is 1.78 bits per heavy atom. The molecule has 0 bridgehead atoms. The Labute approximate surface area is 136 Å². The fraction of sp³-hybridized carbons (Fsp3) is 0.125. The molecule has 1 N–H and O–H groups in total. The molecule has 0 amide bonds. The Bertz CT molecular complexity index is 760. The lowest BCUT2D eigenvalue weighted by Gasteiger charge is -2.08. The molecule has 0 aromatic heterocycles. The molecule has 2 aromatic rings. The fourth-order valence-corrected chi connectivity index (χ4v) is 2.78. The summed E-state index contributed by atoms with van der Waals surface area (Å²) in [6, 6.07) is 12.5. The van der Waals surface area contributed by atoms with Crippen molar-refractivity contribution in [3.63, 3.8) is 0 Å². The van der Waals surface area contributed by atoms with Crippen molar-refractivity contribution in [3.05, 3.63) is 69.8 Å². The van der Waals surface area contributed by atoms with Crippen molar-refractivity contribution in [1.29, 1.82) is 0 Å². The summed E-state index contributed by atoms with van der Waals surface area (Å²) in [5, 5.41) is 19.3.